The number of carbonyl (C=O) groups is 1. The van der Waals surface area contributed by atoms with E-state index < -0.39 is 24.8 Å². The number of amides is 1. The van der Waals surface area contributed by atoms with Gasteiger partial charge in [-0.05, 0) is 19.1 Å². The molecule has 0 saturated heterocycles. The van der Waals surface area contributed by atoms with Crippen LogP contribution in [0.2, 0.25) is 0 Å². The fourth-order valence-corrected chi connectivity index (χ4v) is 1.69. The number of alkyl halides is 3. The molecule has 0 bridgehead atoms. The lowest BCUT2D eigenvalue weighted by Crippen LogP contribution is -2.36. The van der Waals surface area contributed by atoms with Crippen molar-refractivity contribution in [1.82, 2.24) is 14.7 Å². The van der Waals surface area contributed by atoms with Gasteiger partial charge >= 0.3 is 6.18 Å². The average molecular weight is 301 g/mol. The number of ether oxygens (including phenoxy) is 1. The Labute approximate surface area is 118 Å². The van der Waals surface area contributed by atoms with E-state index in [1.165, 1.54) is 6.92 Å². The van der Waals surface area contributed by atoms with Gasteiger partial charge in [0.25, 0.3) is 0 Å². The highest BCUT2D eigenvalue weighted by atomic mass is 19.4. The number of imidazole rings is 1. The molecule has 0 aliphatic heterocycles. The molecule has 1 atom stereocenters. The molecule has 1 N–H and O–H groups in total. The van der Waals surface area contributed by atoms with E-state index in [-0.39, 0.29) is 6.54 Å². The molecule has 0 radical (unpaired) electrons. The average Bonchev–Trinajstić information content (AvgIpc) is 2.84. The summed E-state index contributed by atoms with van der Waals surface area (Å²) in [6, 6.07) is 5.47. The predicted octanol–water partition coefficient (Wildman–Crippen LogP) is 1.92. The number of fused-ring (bicyclic) bond motifs is 1. The van der Waals surface area contributed by atoms with Gasteiger partial charge in [-0.3, -0.25) is 4.79 Å². The van der Waals surface area contributed by atoms with Gasteiger partial charge in [0.05, 0.1) is 12.2 Å². The second-order valence-corrected chi connectivity index (χ2v) is 4.48. The van der Waals surface area contributed by atoms with Crippen LogP contribution >= 0.6 is 0 Å². The van der Waals surface area contributed by atoms with Crippen molar-refractivity contribution in [2.24, 2.45) is 0 Å². The first-order valence-electron chi connectivity index (χ1n) is 6.24. The van der Waals surface area contributed by atoms with Crippen molar-refractivity contribution in [1.29, 1.82) is 0 Å². The molecule has 0 unspecified atom stereocenters. The lowest BCUT2D eigenvalue weighted by Gasteiger charge is -2.14. The van der Waals surface area contributed by atoms with Crippen LogP contribution in [-0.4, -0.2) is 34.2 Å². The van der Waals surface area contributed by atoms with Crippen molar-refractivity contribution in [2.75, 3.05) is 6.61 Å². The number of nitrogens with one attached hydrogen (secondary N) is 1. The SMILES string of the molecule is C[C@H](OCC(F)(F)F)C(=O)NCc1cn2ccccc2n1. The third-order valence-corrected chi connectivity index (χ3v) is 2.72. The zero-order chi connectivity index (χ0) is 15.5. The summed E-state index contributed by atoms with van der Waals surface area (Å²) in [5.74, 6) is -0.615. The zero-order valence-corrected chi connectivity index (χ0v) is 11.2. The molecule has 8 heteroatoms. The van der Waals surface area contributed by atoms with E-state index in [0.717, 1.165) is 5.65 Å². The smallest absolute Gasteiger partial charge is 0.359 e. The normalized spacial score (nSPS) is 13.3. The van der Waals surface area contributed by atoms with Gasteiger partial charge in [-0.15, -0.1) is 0 Å². The van der Waals surface area contributed by atoms with Crippen LogP contribution in [0.4, 0.5) is 13.2 Å². The van der Waals surface area contributed by atoms with Crippen LogP contribution in [0.25, 0.3) is 5.65 Å². The molecule has 2 aromatic heterocycles. The Morgan fingerprint density at radius 3 is 2.90 bits per heavy atom. The minimum atomic E-state index is -4.45. The predicted molar refractivity (Wildman–Crippen MR) is 68.5 cm³/mol. The largest absolute Gasteiger partial charge is 0.411 e. The second-order valence-electron chi connectivity index (χ2n) is 4.48. The Bertz CT molecular complexity index is 591. The van der Waals surface area contributed by atoms with Gasteiger partial charge in [-0.2, -0.15) is 13.2 Å². The fourth-order valence-electron chi connectivity index (χ4n) is 1.69. The van der Waals surface area contributed by atoms with Crippen LogP contribution in [0.1, 0.15) is 12.6 Å². The third kappa shape index (κ3) is 4.45. The summed E-state index contributed by atoms with van der Waals surface area (Å²) < 4.78 is 42.2. The Morgan fingerprint density at radius 2 is 2.24 bits per heavy atom. The van der Waals surface area contributed by atoms with Crippen LogP contribution in [0, 0.1) is 0 Å². The maximum absolute atomic E-state index is 12.0. The Morgan fingerprint density at radius 1 is 1.48 bits per heavy atom. The number of nitrogens with zero attached hydrogens (tertiary/aromatic N) is 2. The summed E-state index contributed by atoms with van der Waals surface area (Å²) in [5.41, 5.74) is 1.33. The molecule has 5 nitrogen and oxygen atoms in total. The van der Waals surface area contributed by atoms with Gasteiger partial charge in [-0.25, -0.2) is 4.98 Å². The minimum Gasteiger partial charge on any atom is -0.359 e. The van der Waals surface area contributed by atoms with Crippen molar-refractivity contribution in [3.63, 3.8) is 0 Å². The third-order valence-electron chi connectivity index (χ3n) is 2.72. The molecule has 2 heterocycles. The van der Waals surface area contributed by atoms with E-state index >= 15 is 0 Å². The molecular formula is C13H14F3N3O2. The molecule has 1 amide bonds. The highest BCUT2D eigenvalue weighted by Gasteiger charge is 2.29. The Balaban J connectivity index is 1.85. The van der Waals surface area contributed by atoms with E-state index in [2.05, 4.69) is 15.0 Å². The highest BCUT2D eigenvalue weighted by Crippen LogP contribution is 2.15. The van der Waals surface area contributed by atoms with E-state index in [1.54, 1.807) is 16.7 Å². The van der Waals surface area contributed by atoms with Gasteiger partial charge in [0.2, 0.25) is 5.91 Å². The molecule has 114 valence electrons. The molecule has 0 fully saturated rings. The zero-order valence-electron chi connectivity index (χ0n) is 11.2. The first-order chi connectivity index (χ1) is 9.85. The van der Waals surface area contributed by atoms with Crippen molar-refractivity contribution in [3.8, 4) is 0 Å². The number of hydrogen-bond acceptors (Lipinski definition) is 3. The van der Waals surface area contributed by atoms with Crippen molar-refractivity contribution < 1.29 is 22.7 Å². The van der Waals surface area contributed by atoms with Gasteiger partial charge in [0.1, 0.15) is 18.4 Å². The quantitative estimate of drug-likeness (QED) is 0.918. The summed E-state index contributed by atoms with van der Waals surface area (Å²) >= 11 is 0. The summed E-state index contributed by atoms with van der Waals surface area (Å²) in [6.07, 6.45) is -2.08. The van der Waals surface area contributed by atoms with Crippen LogP contribution in [0.5, 0.6) is 0 Å². The molecule has 21 heavy (non-hydrogen) atoms. The Kier molecular flexibility index (Phi) is 4.46. The summed E-state index contributed by atoms with van der Waals surface area (Å²) in [4.78, 5) is 15.9. The monoisotopic (exact) mass is 301 g/mol. The molecule has 0 saturated carbocycles. The topological polar surface area (TPSA) is 55.6 Å². The molecule has 0 spiro atoms. The molecule has 0 aliphatic carbocycles. The van der Waals surface area contributed by atoms with Crippen molar-refractivity contribution in [2.45, 2.75) is 25.7 Å². The standard InChI is InChI=1S/C13H14F3N3O2/c1-9(21-8-13(14,15)16)12(20)17-6-10-7-19-5-3-2-4-11(19)18-10/h2-5,7,9H,6,8H2,1H3,(H,17,20)/t9-/m0/s1. The summed E-state index contributed by atoms with van der Waals surface area (Å²) in [7, 11) is 0. The van der Waals surface area contributed by atoms with E-state index in [4.69, 9.17) is 0 Å². The highest BCUT2D eigenvalue weighted by molar-refractivity contribution is 5.80. The summed E-state index contributed by atoms with van der Waals surface area (Å²) in [6.45, 7) is -0.0546. The summed E-state index contributed by atoms with van der Waals surface area (Å²) in [5, 5.41) is 2.49. The maximum atomic E-state index is 12.0. The van der Waals surface area contributed by atoms with Crippen molar-refractivity contribution >= 4 is 11.6 Å². The molecule has 2 rings (SSSR count). The number of aromatic nitrogens is 2. The van der Waals surface area contributed by atoms with E-state index in [1.807, 2.05) is 18.3 Å². The lowest BCUT2D eigenvalue weighted by atomic mass is 10.3. The number of carbonyl (C=O) groups excluding carboxylic acids is 1. The van der Waals surface area contributed by atoms with Gasteiger partial charge < -0.3 is 14.5 Å². The maximum Gasteiger partial charge on any atom is 0.411 e. The molecule has 2 aromatic rings. The minimum absolute atomic E-state index is 0.125. The molecular weight excluding hydrogens is 287 g/mol. The van der Waals surface area contributed by atoms with Crippen LogP contribution < -0.4 is 5.32 Å². The molecule has 0 aliphatic rings. The first kappa shape index (κ1) is 15.3. The van der Waals surface area contributed by atoms with Crippen molar-refractivity contribution in [3.05, 3.63) is 36.3 Å². The number of halogens is 3. The van der Waals surface area contributed by atoms with Gasteiger partial charge in [-0.1, -0.05) is 6.07 Å². The van der Waals surface area contributed by atoms with Crippen LogP contribution in [0.3, 0.4) is 0 Å². The number of pyridine rings is 1. The first-order valence-corrected chi connectivity index (χ1v) is 6.24. The fraction of sp³-hybridized carbons (Fsp3) is 0.385. The molecule has 0 aromatic carbocycles. The van der Waals surface area contributed by atoms with Gasteiger partial charge in [0, 0.05) is 12.4 Å². The number of hydrogen-bond donors (Lipinski definition) is 1. The second kappa shape index (κ2) is 6.13. The van der Waals surface area contributed by atoms with E-state index in [9.17, 15) is 18.0 Å². The number of rotatable bonds is 5. The van der Waals surface area contributed by atoms with Crippen LogP contribution in [-0.2, 0) is 16.1 Å². The van der Waals surface area contributed by atoms with Gasteiger partial charge in [0.15, 0.2) is 0 Å². The van der Waals surface area contributed by atoms with E-state index in [0.29, 0.717) is 5.69 Å². The lowest BCUT2D eigenvalue weighted by molar-refractivity contribution is -0.185. The Hall–Kier alpha value is -2.09. The van der Waals surface area contributed by atoms with Crippen LogP contribution in [0.15, 0.2) is 30.6 Å².